The largest absolute Gasteiger partial charge is 0.534 e. The highest BCUT2D eigenvalue weighted by Gasteiger charge is 2.49. The van der Waals surface area contributed by atoms with Gasteiger partial charge in [-0.15, -0.1) is 0 Å². The van der Waals surface area contributed by atoms with Crippen molar-refractivity contribution in [2.24, 2.45) is 0 Å². The average molecular weight is 396 g/mol. The van der Waals surface area contributed by atoms with Crippen molar-refractivity contribution < 1.29 is 39.7 Å². The summed E-state index contributed by atoms with van der Waals surface area (Å²) in [6.45, 7) is 2.78. The Morgan fingerprint density at radius 2 is 1.96 bits per heavy atom. The molecule has 0 aliphatic rings. The molecule has 7 nitrogen and oxygen atoms in total. The third kappa shape index (κ3) is 3.79. The van der Waals surface area contributed by atoms with Gasteiger partial charge < -0.3 is 8.92 Å². The van der Waals surface area contributed by atoms with E-state index in [1.807, 2.05) is 0 Å². The van der Waals surface area contributed by atoms with Crippen LogP contribution in [-0.4, -0.2) is 36.3 Å². The Bertz CT molecular complexity index is 937. The summed E-state index contributed by atoms with van der Waals surface area (Å²) in [7, 11) is -6.06. The monoisotopic (exact) mass is 396 g/mol. The van der Waals surface area contributed by atoms with E-state index in [2.05, 4.69) is 14.0 Å². The highest BCUT2D eigenvalue weighted by molar-refractivity contribution is 7.87. The van der Waals surface area contributed by atoms with Crippen LogP contribution in [0.4, 0.5) is 17.6 Å². The van der Waals surface area contributed by atoms with Crippen molar-refractivity contribution in [3.63, 3.8) is 0 Å². The predicted molar refractivity (Wildman–Crippen MR) is 79.8 cm³/mol. The van der Waals surface area contributed by atoms with Gasteiger partial charge in [0.15, 0.2) is 11.5 Å². The van der Waals surface area contributed by atoms with Crippen LogP contribution in [0.1, 0.15) is 23.0 Å². The van der Waals surface area contributed by atoms with Crippen LogP contribution in [-0.2, 0) is 14.9 Å². The lowest BCUT2D eigenvalue weighted by Gasteiger charge is -2.12. The van der Waals surface area contributed by atoms with E-state index in [0.29, 0.717) is 10.7 Å². The molecule has 2 aromatic rings. The molecule has 0 aliphatic carbocycles. The van der Waals surface area contributed by atoms with Crippen LogP contribution in [0.15, 0.2) is 24.3 Å². The Hall–Kier alpha value is -2.63. The van der Waals surface area contributed by atoms with Gasteiger partial charge >= 0.3 is 21.6 Å². The summed E-state index contributed by atoms with van der Waals surface area (Å²) >= 11 is 0. The van der Waals surface area contributed by atoms with Crippen molar-refractivity contribution in [3.8, 4) is 11.6 Å². The lowest BCUT2D eigenvalue weighted by molar-refractivity contribution is -0.0502. The molecule has 2 rings (SSSR count). The Morgan fingerprint density at radius 3 is 2.54 bits per heavy atom. The second-order valence-corrected chi connectivity index (χ2v) is 6.43. The lowest BCUT2D eigenvalue weighted by atomic mass is 10.2. The van der Waals surface area contributed by atoms with E-state index in [9.17, 15) is 30.8 Å². The number of esters is 1. The number of nitrogens with zero attached hydrogens (tertiary/aromatic N) is 2. The number of carbonyl (C=O) groups excluding carboxylic acids is 1. The minimum atomic E-state index is -6.06. The van der Waals surface area contributed by atoms with Crippen molar-refractivity contribution in [1.82, 2.24) is 9.78 Å². The fraction of sp³-hybridized carbons (Fsp3) is 0.286. The second kappa shape index (κ2) is 6.94. The first-order chi connectivity index (χ1) is 12.0. The summed E-state index contributed by atoms with van der Waals surface area (Å²) in [6.07, 6.45) is 0. The summed E-state index contributed by atoms with van der Waals surface area (Å²) in [5.41, 5.74) is -6.58. The van der Waals surface area contributed by atoms with Crippen LogP contribution in [0.5, 0.6) is 5.88 Å². The molecule has 0 aliphatic heterocycles. The molecule has 0 fully saturated rings. The Balaban J connectivity index is 2.62. The van der Waals surface area contributed by atoms with Crippen LogP contribution < -0.4 is 4.18 Å². The van der Waals surface area contributed by atoms with Gasteiger partial charge in [-0.25, -0.2) is 9.18 Å². The van der Waals surface area contributed by atoms with Gasteiger partial charge in [0, 0.05) is 6.07 Å². The SMILES string of the molecule is CCOC(=O)c1cc(OS(=O)(=O)C(F)(F)F)n(-c2cccc(C)c2F)n1. The molecular weight excluding hydrogens is 384 g/mol. The van der Waals surface area contributed by atoms with Crippen LogP contribution in [0.3, 0.4) is 0 Å². The zero-order valence-corrected chi connectivity index (χ0v) is 14.2. The van der Waals surface area contributed by atoms with E-state index in [1.54, 1.807) is 0 Å². The number of carbonyl (C=O) groups is 1. The number of hydrogen-bond acceptors (Lipinski definition) is 6. The van der Waals surface area contributed by atoms with Crippen molar-refractivity contribution in [3.05, 3.63) is 41.3 Å². The van der Waals surface area contributed by atoms with E-state index in [0.717, 1.165) is 6.07 Å². The number of aromatic nitrogens is 2. The number of alkyl halides is 3. The van der Waals surface area contributed by atoms with Crippen LogP contribution >= 0.6 is 0 Å². The van der Waals surface area contributed by atoms with Crippen molar-refractivity contribution >= 4 is 16.1 Å². The molecule has 0 amide bonds. The molecule has 0 unspecified atom stereocenters. The van der Waals surface area contributed by atoms with Crippen molar-refractivity contribution in [2.45, 2.75) is 19.4 Å². The molecule has 26 heavy (non-hydrogen) atoms. The zero-order chi connectivity index (χ0) is 19.7. The van der Waals surface area contributed by atoms with Crippen molar-refractivity contribution in [2.75, 3.05) is 6.61 Å². The molecule has 1 aromatic heterocycles. The zero-order valence-electron chi connectivity index (χ0n) is 13.4. The van der Waals surface area contributed by atoms with Gasteiger partial charge in [-0.05, 0) is 25.5 Å². The van der Waals surface area contributed by atoms with Gasteiger partial charge in [0.25, 0.3) is 0 Å². The molecular formula is C14H12F4N2O5S. The standard InChI is InChI=1S/C14H12F4N2O5S/c1-3-24-13(21)9-7-11(25-26(22,23)14(16,17)18)20(19-9)10-6-4-5-8(2)12(10)15/h4-7H,3H2,1-2H3. The topological polar surface area (TPSA) is 87.5 Å². The van der Waals surface area contributed by atoms with Gasteiger partial charge in [-0.1, -0.05) is 12.1 Å². The molecule has 0 N–H and O–H groups in total. The first-order valence-corrected chi connectivity index (χ1v) is 8.42. The minimum Gasteiger partial charge on any atom is -0.461 e. The number of halogens is 4. The Labute approximate surface area is 145 Å². The quantitative estimate of drug-likeness (QED) is 0.334. The summed E-state index contributed by atoms with van der Waals surface area (Å²) in [6, 6.07) is 4.48. The van der Waals surface area contributed by atoms with Crippen LogP contribution in [0.25, 0.3) is 5.69 Å². The fourth-order valence-corrected chi connectivity index (χ4v) is 2.29. The average Bonchev–Trinajstić information content (AvgIpc) is 2.92. The first-order valence-electron chi connectivity index (χ1n) is 7.01. The third-order valence-corrected chi connectivity index (χ3v) is 4.00. The maximum Gasteiger partial charge on any atom is 0.534 e. The number of ether oxygens (including phenoxy) is 1. The van der Waals surface area contributed by atoms with Gasteiger partial charge in [-0.3, -0.25) is 0 Å². The molecule has 12 heteroatoms. The summed E-state index contributed by atoms with van der Waals surface area (Å²) in [5.74, 6) is -2.95. The normalized spacial score (nSPS) is 12.1. The molecule has 142 valence electrons. The lowest BCUT2D eigenvalue weighted by Crippen LogP contribution is -2.28. The van der Waals surface area contributed by atoms with Gasteiger partial charge in [0.05, 0.1) is 6.61 Å². The Morgan fingerprint density at radius 1 is 1.31 bits per heavy atom. The molecule has 1 heterocycles. The fourth-order valence-electron chi connectivity index (χ4n) is 1.86. The van der Waals surface area contributed by atoms with Gasteiger partial charge in [0.2, 0.25) is 5.88 Å². The van der Waals surface area contributed by atoms with Crippen molar-refractivity contribution in [1.29, 1.82) is 0 Å². The summed E-state index contributed by atoms with van der Waals surface area (Å²) < 4.78 is 83.7. The first kappa shape index (κ1) is 19.7. The molecule has 0 atom stereocenters. The number of hydrogen-bond donors (Lipinski definition) is 0. The molecule has 1 aromatic carbocycles. The van der Waals surface area contributed by atoms with Gasteiger partial charge in [-0.2, -0.15) is 31.4 Å². The summed E-state index contributed by atoms with van der Waals surface area (Å²) in [4.78, 5) is 11.7. The molecule has 0 saturated carbocycles. The molecule has 0 spiro atoms. The van der Waals surface area contributed by atoms with Gasteiger partial charge in [0.1, 0.15) is 5.69 Å². The highest BCUT2D eigenvalue weighted by atomic mass is 32.2. The van der Waals surface area contributed by atoms with Crippen LogP contribution in [0, 0.1) is 12.7 Å². The van der Waals surface area contributed by atoms with E-state index < -0.39 is 44.7 Å². The molecule has 0 radical (unpaired) electrons. The summed E-state index contributed by atoms with van der Waals surface area (Å²) in [5, 5.41) is 3.61. The third-order valence-electron chi connectivity index (χ3n) is 3.04. The van der Waals surface area contributed by atoms with E-state index in [4.69, 9.17) is 0 Å². The van der Waals surface area contributed by atoms with E-state index in [1.165, 1.54) is 26.0 Å². The van der Waals surface area contributed by atoms with E-state index in [-0.39, 0.29) is 12.2 Å². The Kier molecular flexibility index (Phi) is 5.26. The van der Waals surface area contributed by atoms with Crippen LogP contribution in [0.2, 0.25) is 0 Å². The number of rotatable bonds is 5. The minimum absolute atomic E-state index is 0.0679. The maximum absolute atomic E-state index is 14.3. The smallest absolute Gasteiger partial charge is 0.461 e. The molecule has 0 saturated heterocycles. The number of benzene rings is 1. The van der Waals surface area contributed by atoms with E-state index >= 15 is 0 Å². The second-order valence-electron chi connectivity index (χ2n) is 4.89. The maximum atomic E-state index is 14.3. The highest BCUT2D eigenvalue weighted by Crippen LogP contribution is 2.30. The number of aryl methyl sites for hydroxylation is 1. The predicted octanol–water partition coefficient (Wildman–Crippen LogP) is 2.72. The molecule has 0 bridgehead atoms.